The van der Waals surface area contributed by atoms with Crippen molar-refractivity contribution in [2.75, 3.05) is 0 Å². The fraction of sp³-hybridized carbons (Fsp3) is 0.250. The van der Waals surface area contributed by atoms with E-state index >= 15 is 0 Å². The van der Waals surface area contributed by atoms with E-state index in [9.17, 15) is 4.79 Å². The summed E-state index contributed by atoms with van der Waals surface area (Å²) in [4.78, 5) is 16.6. The molecule has 0 aliphatic rings. The highest BCUT2D eigenvalue weighted by Gasteiger charge is 2.13. The van der Waals surface area contributed by atoms with Crippen molar-refractivity contribution in [3.05, 3.63) is 41.0 Å². The van der Waals surface area contributed by atoms with Crippen molar-refractivity contribution in [1.29, 1.82) is 5.39 Å². The van der Waals surface area contributed by atoms with Gasteiger partial charge in [-0.25, -0.2) is 0 Å². The average Bonchev–Trinajstić information content (AvgIpc) is 2.73. The molecular formula is C12H12N3O+. The van der Waals surface area contributed by atoms with Crippen molar-refractivity contribution in [1.82, 2.24) is 4.98 Å². The van der Waals surface area contributed by atoms with Crippen molar-refractivity contribution in [2.45, 2.75) is 19.3 Å². The molecule has 0 atom stereocenters. The number of benzene rings is 1. The topological polar surface area (TPSA) is 61.0 Å². The Morgan fingerprint density at radius 2 is 2.19 bits per heavy atom. The molecule has 4 nitrogen and oxygen atoms in total. The quantitative estimate of drug-likeness (QED) is 0.795. The maximum absolute atomic E-state index is 10.8. The second kappa shape index (κ2) is 4.58. The molecule has 80 valence electrons. The summed E-state index contributed by atoms with van der Waals surface area (Å²) in [5.41, 5.74) is 2.30. The van der Waals surface area contributed by atoms with Crippen LogP contribution in [0, 0.1) is 5.39 Å². The first-order valence-electron chi connectivity index (χ1n) is 5.24. The van der Waals surface area contributed by atoms with E-state index in [-0.39, 0.29) is 6.42 Å². The molecule has 0 aliphatic carbocycles. The molecule has 0 unspecified atom stereocenters. The van der Waals surface area contributed by atoms with Gasteiger partial charge in [0.1, 0.15) is 0 Å². The van der Waals surface area contributed by atoms with Crippen LogP contribution >= 0.6 is 0 Å². The van der Waals surface area contributed by atoms with Gasteiger partial charge in [0.2, 0.25) is 10.4 Å². The van der Waals surface area contributed by atoms with Gasteiger partial charge < -0.3 is 4.98 Å². The van der Waals surface area contributed by atoms with Crippen molar-refractivity contribution in [3.63, 3.8) is 0 Å². The minimum absolute atomic E-state index is 0.288. The molecule has 0 fully saturated rings. The fourth-order valence-electron chi connectivity index (χ4n) is 1.82. The molecule has 16 heavy (non-hydrogen) atoms. The zero-order chi connectivity index (χ0) is 11.4. The lowest BCUT2D eigenvalue weighted by Crippen LogP contribution is -1.91. The standard InChI is InChI=1S/C12H12N3O/c13-15-12(16)7-3-4-9-8-14-11-6-2-1-5-10(9)11/h1-2,5-6,8,14H,3-4,7H2/q+1. The molecule has 1 aromatic carbocycles. The number of aryl methyl sites for hydroxylation is 1. The van der Waals surface area contributed by atoms with E-state index in [0.717, 1.165) is 11.9 Å². The van der Waals surface area contributed by atoms with Crippen molar-refractivity contribution in [3.8, 4) is 0 Å². The molecule has 1 aromatic heterocycles. The lowest BCUT2D eigenvalue weighted by molar-refractivity contribution is -0.115. The van der Waals surface area contributed by atoms with Gasteiger partial charge >= 0.3 is 5.91 Å². The lowest BCUT2D eigenvalue weighted by atomic mass is 10.1. The number of H-pyrrole nitrogens is 1. The molecule has 0 saturated carbocycles. The molecule has 1 heterocycles. The number of rotatable bonds is 4. The largest absolute Gasteiger partial charge is 0.560 e. The molecule has 0 bridgehead atoms. The third kappa shape index (κ3) is 2.09. The Morgan fingerprint density at radius 1 is 1.38 bits per heavy atom. The second-order valence-electron chi connectivity index (χ2n) is 3.71. The number of para-hydroxylation sites is 1. The molecule has 2 rings (SSSR count). The Hall–Kier alpha value is -2.15. The van der Waals surface area contributed by atoms with E-state index < -0.39 is 5.91 Å². The molecule has 1 N–H and O–H groups in total. The summed E-state index contributed by atoms with van der Waals surface area (Å²) in [6, 6.07) is 8.05. The summed E-state index contributed by atoms with van der Waals surface area (Å²) in [6.45, 7) is 0. The lowest BCUT2D eigenvalue weighted by Gasteiger charge is -1.95. The van der Waals surface area contributed by atoms with Crippen LogP contribution in [0.3, 0.4) is 0 Å². The first-order chi connectivity index (χ1) is 7.81. The van der Waals surface area contributed by atoms with Crippen LogP contribution in [0.1, 0.15) is 18.4 Å². The summed E-state index contributed by atoms with van der Waals surface area (Å²) >= 11 is 0. The number of nitrogens with zero attached hydrogens (tertiary/aromatic N) is 2. The van der Waals surface area contributed by atoms with Crippen LogP contribution in [0.15, 0.2) is 30.5 Å². The number of aromatic nitrogens is 1. The Balaban J connectivity index is 2.05. The number of fused-ring (bicyclic) bond motifs is 1. The van der Waals surface area contributed by atoms with Gasteiger partial charge in [-0.3, -0.25) is 0 Å². The molecular weight excluding hydrogens is 202 g/mol. The summed E-state index contributed by atoms with van der Waals surface area (Å²) < 4.78 is 0. The van der Waals surface area contributed by atoms with Gasteiger partial charge in [-0.15, -0.1) is 0 Å². The van der Waals surface area contributed by atoms with Gasteiger partial charge in [-0.1, -0.05) is 18.2 Å². The van der Waals surface area contributed by atoms with Crippen molar-refractivity contribution >= 4 is 16.8 Å². The third-order valence-electron chi connectivity index (χ3n) is 2.62. The maximum Gasteiger partial charge on any atom is 0.560 e. The first kappa shape index (κ1) is 10.4. The smallest absolute Gasteiger partial charge is 0.361 e. The van der Waals surface area contributed by atoms with E-state index in [1.165, 1.54) is 10.9 Å². The molecule has 4 heteroatoms. The van der Waals surface area contributed by atoms with Crippen molar-refractivity contribution < 1.29 is 4.79 Å². The highest BCUT2D eigenvalue weighted by Crippen LogP contribution is 2.19. The van der Waals surface area contributed by atoms with Crippen LogP contribution < -0.4 is 0 Å². The van der Waals surface area contributed by atoms with Crippen LogP contribution in [0.5, 0.6) is 0 Å². The van der Waals surface area contributed by atoms with Gasteiger partial charge in [0.15, 0.2) is 0 Å². The first-order valence-corrected chi connectivity index (χ1v) is 5.24. The van der Waals surface area contributed by atoms with Crippen LogP contribution in [0.4, 0.5) is 0 Å². The Bertz CT molecular complexity index is 551. The molecule has 0 aliphatic heterocycles. The number of nitrogens with one attached hydrogen (secondary N) is 1. The van der Waals surface area contributed by atoms with E-state index in [1.54, 1.807) is 0 Å². The number of aromatic amines is 1. The van der Waals surface area contributed by atoms with Crippen LogP contribution in [0.25, 0.3) is 15.9 Å². The van der Waals surface area contributed by atoms with E-state index in [0.29, 0.717) is 6.42 Å². The maximum atomic E-state index is 10.8. The predicted molar refractivity (Wildman–Crippen MR) is 61.3 cm³/mol. The molecule has 0 saturated heterocycles. The summed E-state index contributed by atoms with van der Waals surface area (Å²) in [6.07, 6.45) is 3.76. The number of carbonyl (C=O) groups excluding carboxylic acids is 1. The Kier molecular flexibility index (Phi) is 2.97. The number of hydrogen-bond donors (Lipinski definition) is 1. The monoisotopic (exact) mass is 214 g/mol. The van der Waals surface area contributed by atoms with Crippen LogP contribution in [0.2, 0.25) is 0 Å². The van der Waals surface area contributed by atoms with Crippen LogP contribution in [-0.4, -0.2) is 10.9 Å². The van der Waals surface area contributed by atoms with Gasteiger partial charge in [-0.05, 0) is 24.5 Å². The fourth-order valence-corrected chi connectivity index (χ4v) is 1.82. The zero-order valence-electron chi connectivity index (χ0n) is 8.81. The SMILES string of the molecule is N#[N+]C(=O)CCCc1c[nH]c2ccccc12. The van der Waals surface area contributed by atoms with Gasteiger partial charge in [0.25, 0.3) is 0 Å². The normalized spacial score (nSPS) is 10.2. The van der Waals surface area contributed by atoms with E-state index in [2.05, 4.69) is 16.0 Å². The van der Waals surface area contributed by atoms with Gasteiger partial charge in [0, 0.05) is 17.1 Å². The number of amides is 1. The highest BCUT2D eigenvalue weighted by atomic mass is 16.1. The second-order valence-corrected chi connectivity index (χ2v) is 3.71. The van der Waals surface area contributed by atoms with E-state index in [4.69, 9.17) is 5.39 Å². The van der Waals surface area contributed by atoms with Crippen molar-refractivity contribution in [2.24, 2.45) is 0 Å². The Morgan fingerprint density at radius 3 is 3.00 bits per heavy atom. The highest BCUT2D eigenvalue weighted by molar-refractivity contribution is 5.85. The number of carbonyl (C=O) groups is 1. The Labute approximate surface area is 92.9 Å². The average molecular weight is 214 g/mol. The van der Waals surface area contributed by atoms with Crippen LogP contribution in [-0.2, 0) is 11.2 Å². The predicted octanol–water partition coefficient (Wildman–Crippen LogP) is 2.87. The van der Waals surface area contributed by atoms with Gasteiger partial charge in [0.05, 0.1) is 6.42 Å². The number of hydrogen-bond acceptors (Lipinski definition) is 2. The molecule has 0 spiro atoms. The minimum atomic E-state index is -0.458. The summed E-state index contributed by atoms with van der Waals surface area (Å²) in [7, 11) is 0. The van der Waals surface area contributed by atoms with E-state index in [1.807, 2.05) is 24.4 Å². The van der Waals surface area contributed by atoms with Gasteiger partial charge in [-0.2, -0.15) is 4.79 Å². The molecule has 1 amide bonds. The minimum Gasteiger partial charge on any atom is -0.361 e. The third-order valence-corrected chi connectivity index (χ3v) is 2.62. The summed E-state index contributed by atoms with van der Waals surface area (Å²) in [5.74, 6) is -0.458. The molecule has 0 radical (unpaired) electrons. The number of diazo groups is 1. The zero-order valence-corrected chi connectivity index (χ0v) is 8.81. The summed E-state index contributed by atoms with van der Waals surface area (Å²) in [5, 5.41) is 9.42. The molecule has 2 aromatic rings.